The Morgan fingerprint density at radius 3 is 2.64 bits per heavy atom. The minimum absolute atomic E-state index is 0.0399. The van der Waals surface area contributed by atoms with Crippen LogP contribution < -0.4 is 0 Å². The Hall–Kier alpha value is -2.43. The number of halogens is 3. The van der Waals surface area contributed by atoms with Gasteiger partial charge in [-0.2, -0.15) is 13.2 Å². The number of sulfone groups is 1. The summed E-state index contributed by atoms with van der Waals surface area (Å²) in [7, 11) is -2.03. The van der Waals surface area contributed by atoms with Crippen molar-refractivity contribution in [1.29, 1.82) is 0 Å². The van der Waals surface area contributed by atoms with Crippen molar-refractivity contribution in [2.75, 3.05) is 5.75 Å². The fourth-order valence-corrected chi connectivity index (χ4v) is 4.73. The van der Waals surface area contributed by atoms with Crippen LogP contribution in [0.2, 0.25) is 0 Å². The molecule has 0 aromatic carbocycles. The maximum atomic E-state index is 13.0. The largest absolute Gasteiger partial charge is 0.417 e. The topological polar surface area (TPSA) is 82.7 Å². The van der Waals surface area contributed by atoms with Crippen LogP contribution in [0.1, 0.15) is 31.2 Å². The summed E-state index contributed by atoms with van der Waals surface area (Å²) in [5.41, 5.74) is -0.463. The van der Waals surface area contributed by atoms with Crippen LogP contribution in [0.5, 0.6) is 0 Å². The normalized spacial score (nSPS) is 15.2. The van der Waals surface area contributed by atoms with Crippen molar-refractivity contribution < 1.29 is 21.6 Å². The van der Waals surface area contributed by atoms with Crippen molar-refractivity contribution in [2.45, 2.75) is 43.9 Å². The maximum Gasteiger partial charge on any atom is 0.417 e. The lowest BCUT2D eigenvalue weighted by atomic mass is 10.2. The molecule has 0 N–H and O–H groups in total. The molecule has 3 aromatic rings. The van der Waals surface area contributed by atoms with Crippen LogP contribution >= 0.6 is 0 Å². The Balaban J connectivity index is 1.98. The number of alkyl halides is 3. The van der Waals surface area contributed by atoms with Crippen molar-refractivity contribution in [3.05, 3.63) is 23.7 Å². The number of nitrogens with zero attached hydrogens (tertiary/aromatic N) is 5. The highest BCUT2D eigenvalue weighted by atomic mass is 32.2. The van der Waals surface area contributed by atoms with Crippen molar-refractivity contribution in [1.82, 2.24) is 24.1 Å². The lowest BCUT2D eigenvalue weighted by Gasteiger charge is -2.16. The zero-order valence-corrected chi connectivity index (χ0v) is 16.1. The van der Waals surface area contributed by atoms with Gasteiger partial charge >= 0.3 is 6.18 Å². The molecule has 0 amide bonds. The summed E-state index contributed by atoms with van der Waals surface area (Å²) in [6.07, 6.45) is -1.40. The molecule has 3 aromatic heterocycles. The standard InChI is InChI=1S/C17H18F3N5O2S/c1-3-28(26,27)16-13(23-12-6-4-5-7-25(12)16)15-22-11-8-10(17(18,19)20)9-21-14(11)24(15)2/h8-9H,3-7H2,1-2H3. The highest BCUT2D eigenvalue weighted by molar-refractivity contribution is 7.91. The molecule has 1 aliphatic rings. The summed E-state index contributed by atoms with van der Waals surface area (Å²) >= 11 is 0. The van der Waals surface area contributed by atoms with Crippen molar-refractivity contribution >= 4 is 21.0 Å². The first-order valence-corrected chi connectivity index (χ1v) is 10.5. The smallest absolute Gasteiger partial charge is 0.318 e. The second-order valence-corrected chi connectivity index (χ2v) is 8.95. The number of hydrogen-bond donors (Lipinski definition) is 0. The molecule has 0 unspecified atom stereocenters. The van der Waals surface area contributed by atoms with Crippen LogP contribution in [0.15, 0.2) is 17.3 Å². The van der Waals surface area contributed by atoms with Crippen LogP contribution in [-0.2, 0) is 36.0 Å². The number of fused-ring (bicyclic) bond motifs is 2. The number of pyridine rings is 1. The third-order valence-corrected chi connectivity index (χ3v) is 6.72. The molecule has 0 aliphatic carbocycles. The van der Waals surface area contributed by atoms with E-state index in [1.54, 1.807) is 18.5 Å². The third-order valence-electron chi connectivity index (χ3n) is 4.96. The van der Waals surface area contributed by atoms with Gasteiger partial charge in [-0.1, -0.05) is 6.92 Å². The summed E-state index contributed by atoms with van der Waals surface area (Å²) in [5, 5.41) is 0.0825. The van der Waals surface area contributed by atoms with Gasteiger partial charge in [-0.15, -0.1) is 0 Å². The summed E-state index contributed by atoms with van der Waals surface area (Å²) < 4.78 is 67.7. The van der Waals surface area contributed by atoms with E-state index >= 15 is 0 Å². The van der Waals surface area contributed by atoms with E-state index in [4.69, 9.17) is 0 Å². The zero-order chi connectivity index (χ0) is 20.3. The summed E-state index contributed by atoms with van der Waals surface area (Å²) in [5.74, 6) is 0.742. The van der Waals surface area contributed by atoms with E-state index in [-0.39, 0.29) is 33.5 Å². The van der Waals surface area contributed by atoms with Gasteiger partial charge in [0.25, 0.3) is 0 Å². The van der Waals surface area contributed by atoms with Crippen LogP contribution in [0, 0.1) is 0 Å². The van der Waals surface area contributed by atoms with Crippen molar-refractivity contribution in [3.63, 3.8) is 0 Å². The van der Waals surface area contributed by atoms with Gasteiger partial charge in [0.15, 0.2) is 26.3 Å². The Labute approximate surface area is 159 Å². The molecule has 1 aliphatic heterocycles. The van der Waals surface area contributed by atoms with E-state index in [0.717, 1.165) is 25.1 Å². The number of aryl methyl sites for hydroxylation is 2. The van der Waals surface area contributed by atoms with Gasteiger partial charge < -0.3 is 9.13 Å². The van der Waals surface area contributed by atoms with E-state index in [1.807, 2.05) is 0 Å². The van der Waals surface area contributed by atoms with Gasteiger partial charge in [0, 0.05) is 26.2 Å². The van der Waals surface area contributed by atoms with Gasteiger partial charge in [0.2, 0.25) is 0 Å². The predicted octanol–water partition coefficient (Wildman–Crippen LogP) is 2.98. The number of hydrogen-bond acceptors (Lipinski definition) is 5. The second-order valence-electron chi connectivity index (χ2n) is 6.75. The quantitative estimate of drug-likeness (QED) is 0.659. The van der Waals surface area contributed by atoms with E-state index < -0.39 is 21.6 Å². The molecule has 0 atom stereocenters. The number of rotatable bonds is 3. The fraction of sp³-hybridized carbons (Fsp3) is 0.471. The lowest BCUT2D eigenvalue weighted by Crippen LogP contribution is -2.17. The average Bonchev–Trinajstić information content (AvgIpc) is 3.19. The Morgan fingerprint density at radius 2 is 1.96 bits per heavy atom. The van der Waals surface area contributed by atoms with Crippen molar-refractivity contribution in [3.8, 4) is 11.5 Å². The van der Waals surface area contributed by atoms with Crippen LogP contribution in [-0.4, -0.2) is 38.3 Å². The molecule has 0 saturated carbocycles. The Bertz CT molecular complexity index is 1180. The molecule has 0 saturated heterocycles. The third kappa shape index (κ3) is 2.88. The molecule has 0 fully saturated rings. The Kier molecular flexibility index (Phi) is 4.25. The van der Waals surface area contributed by atoms with Gasteiger partial charge in [-0.05, 0) is 18.9 Å². The van der Waals surface area contributed by atoms with E-state index in [9.17, 15) is 21.6 Å². The van der Waals surface area contributed by atoms with E-state index in [0.29, 0.717) is 18.8 Å². The molecular formula is C17H18F3N5O2S. The zero-order valence-electron chi connectivity index (χ0n) is 15.3. The first kappa shape index (κ1) is 18.9. The molecule has 0 spiro atoms. The number of imidazole rings is 2. The highest BCUT2D eigenvalue weighted by Crippen LogP contribution is 2.34. The predicted molar refractivity (Wildman–Crippen MR) is 95.4 cm³/mol. The second kappa shape index (κ2) is 6.29. The molecule has 0 bridgehead atoms. The fourth-order valence-electron chi connectivity index (χ4n) is 3.50. The summed E-state index contributed by atoms with van der Waals surface area (Å²) in [4.78, 5) is 12.7. The maximum absolute atomic E-state index is 13.0. The van der Waals surface area contributed by atoms with Crippen LogP contribution in [0.3, 0.4) is 0 Å². The molecule has 4 rings (SSSR count). The van der Waals surface area contributed by atoms with Gasteiger partial charge in [0.1, 0.15) is 17.0 Å². The summed E-state index contributed by atoms with van der Waals surface area (Å²) in [6.45, 7) is 2.09. The van der Waals surface area contributed by atoms with E-state index in [1.165, 1.54) is 4.57 Å². The number of aromatic nitrogens is 5. The molecule has 28 heavy (non-hydrogen) atoms. The first-order valence-electron chi connectivity index (χ1n) is 8.85. The highest BCUT2D eigenvalue weighted by Gasteiger charge is 2.33. The molecule has 11 heteroatoms. The SMILES string of the molecule is CCS(=O)(=O)c1c(-c2nc3cc(C(F)(F)F)cnc3n2C)nc2n1CCCC2. The minimum Gasteiger partial charge on any atom is -0.318 e. The van der Waals surface area contributed by atoms with Crippen molar-refractivity contribution in [2.24, 2.45) is 7.05 Å². The molecule has 7 nitrogen and oxygen atoms in total. The molecule has 150 valence electrons. The Morgan fingerprint density at radius 1 is 1.21 bits per heavy atom. The van der Waals surface area contributed by atoms with E-state index in [2.05, 4.69) is 15.0 Å². The minimum atomic E-state index is -4.54. The molecule has 0 radical (unpaired) electrons. The monoisotopic (exact) mass is 413 g/mol. The first-order chi connectivity index (χ1) is 13.1. The van der Waals surface area contributed by atoms with Gasteiger partial charge in [0.05, 0.1) is 11.3 Å². The van der Waals surface area contributed by atoms with Crippen LogP contribution in [0.4, 0.5) is 13.2 Å². The average molecular weight is 413 g/mol. The van der Waals surface area contributed by atoms with Crippen LogP contribution in [0.25, 0.3) is 22.7 Å². The molecular weight excluding hydrogens is 395 g/mol. The van der Waals surface area contributed by atoms with Gasteiger partial charge in [-0.3, -0.25) is 0 Å². The molecule has 4 heterocycles. The summed E-state index contributed by atoms with van der Waals surface area (Å²) in [6, 6.07) is 0.913. The lowest BCUT2D eigenvalue weighted by molar-refractivity contribution is -0.137. The van der Waals surface area contributed by atoms with Gasteiger partial charge in [-0.25, -0.2) is 23.4 Å².